The van der Waals surface area contributed by atoms with Crippen LogP contribution >= 0.6 is 23.1 Å². The van der Waals surface area contributed by atoms with E-state index in [4.69, 9.17) is 0 Å². The number of benzene rings is 1. The Bertz CT molecular complexity index is 506. The molecule has 102 valence electrons. The first-order valence-corrected chi connectivity index (χ1v) is 7.25. The van der Waals surface area contributed by atoms with Crippen molar-refractivity contribution in [3.8, 4) is 0 Å². The van der Waals surface area contributed by atoms with Crippen molar-refractivity contribution in [2.75, 3.05) is 0 Å². The van der Waals surface area contributed by atoms with Gasteiger partial charge in [-0.15, -0.1) is 0 Å². The van der Waals surface area contributed by atoms with Gasteiger partial charge in [0.2, 0.25) is 0 Å². The van der Waals surface area contributed by atoms with Crippen molar-refractivity contribution in [2.45, 2.75) is 22.9 Å². The Morgan fingerprint density at radius 1 is 1.16 bits per heavy atom. The SMILES string of the molecule is OC(Cc1ccsc1)c1ccc(SC(F)(F)F)cc1. The Labute approximate surface area is 117 Å². The summed E-state index contributed by atoms with van der Waals surface area (Å²) in [5.41, 5.74) is -2.64. The molecule has 1 aromatic heterocycles. The number of thioether (sulfide) groups is 1. The van der Waals surface area contributed by atoms with Crippen LogP contribution in [0.3, 0.4) is 0 Å². The van der Waals surface area contributed by atoms with E-state index in [2.05, 4.69) is 0 Å². The Balaban J connectivity index is 2.01. The van der Waals surface area contributed by atoms with E-state index in [0.29, 0.717) is 12.0 Å². The van der Waals surface area contributed by atoms with Gasteiger partial charge in [0.15, 0.2) is 0 Å². The van der Waals surface area contributed by atoms with Gasteiger partial charge in [-0.25, -0.2) is 0 Å². The number of thiophene rings is 1. The molecule has 1 unspecified atom stereocenters. The minimum absolute atomic E-state index is 0.124. The summed E-state index contributed by atoms with van der Waals surface area (Å²) < 4.78 is 36.5. The minimum Gasteiger partial charge on any atom is -0.388 e. The summed E-state index contributed by atoms with van der Waals surface area (Å²) in [7, 11) is 0. The van der Waals surface area contributed by atoms with Crippen LogP contribution in [-0.2, 0) is 6.42 Å². The average molecular weight is 304 g/mol. The maximum Gasteiger partial charge on any atom is 0.446 e. The highest BCUT2D eigenvalue weighted by molar-refractivity contribution is 8.00. The fraction of sp³-hybridized carbons (Fsp3) is 0.231. The van der Waals surface area contributed by atoms with E-state index in [-0.39, 0.29) is 16.7 Å². The molecule has 1 heterocycles. The van der Waals surface area contributed by atoms with Crippen molar-refractivity contribution >= 4 is 23.1 Å². The van der Waals surface area contributed by atoms with Crippen LogP contribution < -0.4 is 0 Å². The van der Waals surface area contributed by atoms with Gasteiger partial charge in [-0.1, -0.05) is 12.1 Å². The molecular weight excluding hydrogens is 293 g/mol. The topological polar surface area (TPSA) is 20.2 Å². The molecule has 2 rings (SSSR count). The number of halogens is 3. The van der Waals surface area contributed by atoms with Gasteiger partial charge in [-0.3, -0.25) is 0 Å². The van der Waals surface area contributed by atoms with Crippen molar-refractivity contribution in [2.24, 2.45) is 0 Å². The molecule has 0 fully saturated rings. The molecular formula is C13H11F3OS2. The van der Waals surface area contributed by atoms with Crippen LogP contribution in [0.25, 0.3) is 0 Å². The number of aliphatic hydroxyl groups excluding tert-OH is 1. The number of hydrogen-bond donors (Lipinski definition) is 1. The van der Waals surface area contributed by atoms with Crippen LogP contribution in [-0.4, -0.2) is 10.6 Å². The molecule has 0 amide bonds. The van der Waals surface area contributed by atoms with Crippen LogP contribution in [0.15, 0.2) is 46.0 Å². The third-order valence-electron chi connectivity index (χ3n) is 2.51. The monoisotopic (exact) mass is 304 g/mol. The second-order valence-electron chi connectivity index (χ2n) is 3.97. The minimum atomic E-state index is -4.28. The fourth-order valence-corrected chi connectivity index (χ4v) is 2.86. The molecule has 1 atom stereocenters. The second-order valence-corrected chi connectivity index (χ2v) is 5.89. The van der Waals surface area contributed by atoms with Crippen LogP contribution in [0.2, 0.25) is 0 Å². The standard InChI is InChI=1S/C13H11F3OS2/c14-13(15,16)19-11-3-1-10(2-4-11)12(17)7-9-5-6-18-8-9/h1-6,8,12,17H,7H2. The molecule has 0 bridgehead atoms. The predicted octanol–water partition coefficient (Wildman–Crippen LogP) is 4.64. The Morgan fingerprint density at radius 3 is 2.37 bits per heavy atom. The highest BCUT2D eigenvalue weighted by Crippen LogP contribution is 2.37. The number of rotatable bonds is 4. The maximum atomic E-state index is 12.2. The third-order valence-corrected chi connectivity index (χ3v) is 3.98. The molecule has 0 aliphatic rings. The van der Waals surface area contributed by atoms with Gasteiger partial charge in [-0.05, 0) is 51.8 Å². The molecule has 0 saturated heterocycles. The highest BCUT2D eigenvalue weighted by atomic mass is 32.2. The highest BCUT2D eigenvalue weighted by Gasteiger charge is 2.29. The average Bonchev–Trinajstić information content (AvgIpc) is 2.80. The molecule has 2 aromatic rings. The Morgan fingerprint density at radius 2 is 1.84 bits per heavy atom. The lowest BCUT2D eigenvalue weighted by atomic mass is 10.0. The van der Waals surface area contributed by atoms with Gasteiger partial charge >= 0.3 is 5.51 Å². The molecule has 1 aromatic carbocycles. The van der Waals surface area contributed by atoms with Gasteiger partial charge in [-0.2, -0.15) is 24.5 Å². The lowest BCUT2D eigenvalue weighted by Gasteiger charge is -2.11. The summed E-state index contributed by atoms with van der Waals surface area (Å²) in [5.74, 6) is 0. The summed E-state index contributed by atoms with van der Waals surface area (Å²) in [6, 6.07) is 7.74. The van der Waals surface area contributed by atoms with E-state index in [0.717, 1.165) is 5.56 Å². The van der Waals surface area contributed by atoms with Gasteiger partial charge in [0.05, 0.1) is 6.10 Å². The first-order valence-electron chi connectivity index (χ1n) is 5.49. The predicted molar refractivity (Wildman–Crippen MR) is 71.3 cm³/mol. The van der Waals surface area contributed by atoms with Crippen molar-refractivity contribution in [1.29, 1.82) is 0 Å². The van der Waals surface area contributed by atoms with Gasteiger partial charge in [0.1, 0.15) is 0 Å². The summed E-state index contributed by atoms with van der Waals surface area (Å²) in [6.07, 6.45) is -0.227. The van der Waals surface area contributed by atoms with Crippen molar-refractivity contribution in [3.05, 3.63) is 52.2 Å². The molecule has 19 heavy (non-hydrogen) atoms. The van der Waals surface area contributed by atoms with Crippen LogP contribution in [0.5, 0.6) is 0 Å². The summed E-state index contributed by atoms with van der Waals surface area (Å²) in [5, 5.41) is 13.9. The van der Waals surface area contributed by atoms with Crippen molar-refractivity contribution in [1.82, 2.24) is 0 Å². The van der Waals surface area contributed by atoms with Crippen molar-refractivity contribution in [3.63, 3.8) is 0 Å². The molecule has 0 radical (unpaired) electrons. The van der Waals surface area contributed by atoms with Gasteiger partial charge in [0.25, 0.3) is 0 Å². The molecule has 0 saturated carbocycles. The normalized spacial score (nSPS) is 13.5. The largest absolute Gasteiger partial charge is 0.446 e. The Hall–Kier alpha value is -0.980. The van der Waals surface area contributed by atoms with Crippen molar-refractivity contribution < 1.29 is 18.3 Å². The molecule has 6 heteroatoms. The number of aliphatic hydroxyl groups is 1. The molecule has 0 spiro atoms. The van der Waals surface area contributed by atoms with E-state index in [9.17, 15) is 18.3 Å². The van der Waals surface area contributed by atoms with E-state index in [1.807, 2.05) is 16.8 Å². The zero-order valence-electron chi connectivity index (χ0n) is 9.72. The summed E-state index contributed by atoms with van der Waals surface area (Å²) >= 11 is 1.39. The van der Waals surface area contributed by atoms with E-state index in [1.54, 1.807) is 11.3 Å². The summed E-state index contributed by atoms with van der Waals surface area (Å²) in [6.45, 7) is 0. The van der Waals surface area contributed by atoms with E-state index < -0.39 is 11.6 Å². The quantitative estimate of drug-likeness (QED) is 0.831. The lowest BCUT2D eigenvalue weighted by molar-refractivity contribution is -0.0328. The lowest BCUT2D eigenvalue weighted by Crippen LogP contribution is -2.02. The zero-order chi connectivity index (χ0) is 13.9. The smallest absolute Gasteiger partial charge is 0.388 e. The maximum absolute atomic E-state index is 12.2. The molecule has 1 nitrogen and oxygen atoms in total. The van der Waals surface area contributed by atoms with Crippen LogP contribution in [0.1, 0.15) is 17.2 Å². The third kappa shape index (κ3) is 4.56. The fourth-order valence-electron chi connectivity index (χ4n) is 1.64. The first kappa shape index (κ1) is 14.4. The Kier molecular flexibility index (Phi) is 4.54. The summed E-state index contributed by atoms with van der Waals surface area (Å²) in [4.78, 5) is 0.124. The molecule has 1 N–H and O–H groups in total. The van der Waals surface area contributed by atoms with E-state index in [1.165, 1.54) is 24.3 Å². The van der Waals surface area contributed by atoms with Gasteiger partial charge in [0, 0.05) is 11.3 Å². The molecule has 0 aliphatic heterocycles. The van der Waals surface area contributed by atoms with E-state index >= 15 is 0 Å². The second kappa shape index (κ2) is 5.98. The van der Waals surface area contributed by atoms with Gasteiger partial charge < -0.3 is 5.11 Å². The van der Waals surface area contributed by atoms with Crippen LogP contribution in [0.4, 0.5) is 13.2 Å². The van der Waals surface area contributed by atoms with Crippen LogP contribution in [0, 0.1) is 0 Å². The number of alkyl halides is 3. The number of hydrogen-bond acceptors (Lipinski definition) is 3. The molecule has 0 aliphatic carbocycles. The first-order chi connectivity index (χ1) is 8.94. The zero-order valence-corrected chi connectivity index (χ0v) is 11.4.